The number of anilines is 2. The highest BCUT2D eigenvalue weighted by molar-refractivity contribution is 5.85. The summed E-state index contributed by atoms with van der Waals surface area (Å²) in [6.07, 6.45) is 2.22. The van der Waals surface area contributed by atoms with Gasteiger partial charge in [-0.3, -0.25) is 0 Å². The molecule has 2 rings (SSSR count). The van der Waals surface area contributed by atoms with E-state index in [9.17, 15) is 0 Å². The Bertz CT molecular complexity index is 763. The molecule has 0 fully saturated rings. The largest absolute Gasteiger partial charge is 0.490 e. The van der Waals surface area contributed by atoms with Gasteiger partial charge in [-0.1, -0.05) is 31.5 Å². The van der Waals surface area contributed by atoms with Crippen molar-refractivity contribution in [2.24, 2.45) is 0 Å². The Labute approximate surface area is 177 Å². The minimum Gasteiger partial charge on any atom is -0.490 e. The molecule has 0 amide bonds. The summed E-state index contributed by atoms with van der Waals surface area (Å²) in [6, 6.07) is 6.48. The van der Waals surface area contributed by atoms with Crippen LogP contribution in [0.5, 0.6) is 5.75 Å². The van der Waals surface area contributed by atoms with Crippen molar-refractivity contribution < 1.29 is 4.74 Å². The van der Waals surface area contributed by atoms with Crippen LogP contribution in [-0.2, 0) is 6.54 Å². The first-order valence-electron chi connectivity index (χ1n) is 9.91. The van der Waals surface area contributed by atoms with Gasteiger partial charge in [-0.25, -0.2) is 4.98 Å². The lowest BCUT2D eigenvalue weighted by atomic mass is 10.0. The number of nitrogens with zero attached hydrogens (tertiary/aromatic N) is 2. The quantitative estimate of drug-likeness (QED) is 0.574. The summed E-state index contributed by atoms with van der Waals surface area (Å²) in [5, 5.41) is 3.61. The molecule has 0 bridgehead atoms. The van der Waals surface area contributed by atoms with Crippen molar-refractivity contribution in [3.8, 4) is 5.75 Å². The van der Waals surface area contributed by atoms with Crippen molar-refractivity contribution in [1.29, 1.82) is 0 Å². The molecule has 1 heterocycles. The van der Waals surface area contributed by atoms with Gasteiger partial charge in [0.25, 0.3) is 0 Å². The van der Waals surface area contributed by atoms with Gasteiger partial charge in [0.1, 0.15) is 11.6 Å². The maximum atomic E-state index is 6.38. The van der Waals surface area contributed by atoms with Crippen molar-refractivity contribution in [3.05, 3.63) is 46.1 Å². The molecular weight excluding hydrogens is 370 g/mol. The lowest BCUT2D eigenvalue weighted by molar-refractivity contribution is 0.189. The number of halogens is 1. The molecule has 0 unspecified atom stereocenters. The maximum absolute atomic E-state index is 6.38. The smallest absolute Gasteiger partial charge is 0.138 e. The van der Waals surface area contributed by atoms with Crippen molar-refractivity contribution in [3.63, 3.8) is 0 Å². The molecule has 1 N–H and O–H groups in total. The third kappa shape index (κ3) is 6.11. The Morgan fingerprint density at radius 2 is 1.57 bits per heavy atom. The Hall–Kier alpha value is -1.78. The molecule has 156 valence electrons. The van der Waals surface area contributed by atoms with Gasteiger partial charge in [0, 0.05) is 24.0 Å². The lowest BCUT2D eigenvalue weighted by Gasteiger charge is -2.24. The lowest BCUT2D eigenvalue weighted by Crippen LogP contribution is -2.19. The van der Waals surface area contributed by atoms with Gasteiger partial charge >= 0.3 is 0 Å². The van der Waals surface area contributed by atoms with Gasteiger partial charge in [-0.05, 0) is 65.8 Å². The fourth-order valence-corrected chi connectivity index (χ4v) is 3.48. The molecule has 0 aliphatic rings. The van der Waals surface area contributed by atoms with E-state index in [0.717, 1.165) is 47.9 Å². The number of benzene rings is 1. The average Bonchev–Trinajstić information content (AvgIpc) is 2.57. The van der Waals surface area contributed by atoms with Gasteiger partial charge in [0.15, 0.2) is 0 Å². The Balaban J connectivity index is 0.00000392. The van der Waals surface area contributed by atoms with Crippen molar-refractivity contribution in [1.82, 2.24) is 9.88 Å². The zero-order valence-corrected chi connectivity index (χ0v) is 19.5. The standard InChI is InChI=1S/C23H35N3O.ClH/c1-9-19(10-2)27-21-13-18(6)24-23(20(21)14-26(7)8)25-22-16(4)11-15(3)12-17(22)5;/h11-13,19H,9-10,14H2,1-8H3,(H,24,25);1H. The number of aryl methyl sites for hydroxylation is 4. The molecule has 0 saturated heterocycles. The first-order chi connectivity index (χ1) is 12.7. The fraction of sp³-hybridized carbons (Fsp3) is 0.522. The molecule has 0 aliphatic heterocycles. The third-order valence-electron chi connectivity index (χ3n) is 4.81. The number of aromatic nitrogens is 1. The monoisotopic (exact) mass is 405 g/mol. The Kier molecular flexibility index (Phi) is 9.25. The summed E-state index contributed by atoms with van der Waals surface area (Å²) < 4.78 is 6.38. The van der Waals surface area contributed by atoms with E-state index < -0.39 is 0 Å². The van der Waals surface area contributed by atoms with E-state index in [1.165, 1.54) is 16.7 Å². The van der Waals surface area contributed by atoms with Crippen LogP contribution in [0.4, 0.5) is 11.5 Å². The van der Waals surface area contributed by atoms with Crippen molar-refractivity contribution in [2.75, 3.05) is 19.4 Å². The molecule has 0 aliphatic carbocycles. The predicted octanol–water partition coefficient (Wildman–Crippen LogP) is 6.11. The third-order valence-corrected chi connectivity index (χ3v) is 4.81. The van der Waals surface area contributed by atoms with Crippen LogP contribution in [0.3, 0.4) is 0 Å². The van der Waals surface area contributed by atoms with E-state index in [4.69, 9.17) is 9.72 Å². The van der Waals surface area contributed by atoms with Gasteiger partial charge in [0.05, 0.1) is 11.7 Å². The van der Waals surface area contributed by atoms with Crippen LogP contribution < -0.4 is 10.1 Å². The number of hydrogen-bond acceptors (Lipinski definition) is 4. The molecular formula is C23H36ClN3O. The second-order valence-electron chi connectivity index (χ2n) is 7.78. The molecule has 0 atom stereocenters. The molecule has 4 nitrogen and oxygen atoms in total. The highest BCUT2D eigenvalue weighted by atomic mass is 35.5. The Morgan fingerprint density at radius 3 is 2.07 bits per heavy atom. The van der Waals surface area contributed by atoms with Gasteiger partial charge in [0.2, 0.25) is 0 Å². The van der Waals surface area contributed by atoms with Crippen LogP contribution in [0.2, 0.25) is 0 Å². The first kappa shape index (κ1) is 24.3. The molecule has 0 saturated carbocycles. The van der Waals surface area contributed by atoms with E-state index in [1.54, 1.807) is 0 Å². The van der Waals surface area contributed by atoms with Crippen LogP contribution in [0.1, 0.15) is 54.6 Å². The maximum Gasteiger partial charge on any atom is 0.138 e. The van der Waals surface area contributed by atoms with E-state index in [-0.39, 0.29) is 18.5 Å². The summed E-state index contributed by atoms with van der Waals surface area (Å²) in [7, 11) is 4.15. The van der Waals surface area contributed by atoms with E-state index >= 15 is 0 Å². The van der Waals surface area contributed by atoms with Gasteiger partial charge < -0.3 is 15.0 Å². The van der Waals surface area contributed by atoms with Crippen molar-refractivity contribution in [2.45, 2.75) is 67.0 Å². The molecule has 2 aromatic rings. The summed E-state index contributed by atoms with van der Waals surface area (Å²) in [5.74, 6) is 1.83. The van der Waals surface area contributed by atoms with Crippen LogP contribution in [0.25, 0.3) is 0 Å². The summed E-state index contributed by atoms with van der Waals surface area (Å²) >= 11 is 0. The number of nitrogens with one attached hydrogen (secondary N) is 1. The van der Waals surface area contributed by atoms with Crippen LogP contribution in [0, 0.1) is 27.7 Å². The number of ether oxygens (including phenoxy) is 1. The summed E-state index contributed by atoms with van der Waals surface area (Å²) in [4.78, 5) is 6.99. The predicted molar refractivity (Wildman–Crippen MR) is 123 cm³/mol. The van der Waals surface area contributed by atoms with Gasteiger partial charge in [-0.2, -0.15) is 0 Å². The van der Waals surface area contributed by atoms with Crippen LogP contribution >= 0.6 is 12.4 Å². The van der Waals surface area contributed by atoms with Gasteiger partial charge in [-0.15, -0.1) is 12.4 Å². The normalized spacial score (nSPS) is 10.9. The summed E-state index contributed by atoms with van der Waals surface area (Å²) in [6.45, 7) is 13.6. The first-order valence-corrected chi connectivity index (χ1v) is 9.91. The second-order valence-corrected chi connectivity index (χ2v) is 7.78. The van der Waals surface area contributed by atoms with E-state index in [0.29, 0.717) is 0 Å². The molecule has 28 heavy (non-hydrogen) atoms. The fourth-order valence-electron chi connectivity index (χ4n) is 3.48. The molecule has 1 aromatic carbocycles. The average molecular weight is 406 g/mol. The topological polar surface area (TPSA) is 37.4 Å². The second kappa shape index (κ2) is 10.7. The minimum absolute atomic E-state index is 0. The summed E-state index contributed by atoms with van der Waals surface area (Å²) in [5.41, 5.74) is 6.94. The highest BCUT2D eigenvalue weighted by Crippen LogP contribution is 2.33. The Morgan fingerprint density at radius 1 is 1.00 bits per heavy atom. The molecule has 0 spiro atoms. The highest BCUT2D eigenvalue weighted by Gasteiger charge is 2.18. The molecule has 5 heteroatoms. The zero-order chi connectivity index (χ0) is 20.1. The number of pyridine rings is 1. The molecule has 0 radical (unpaired) electrons. The SMILES string of the molecule is CCC(CC)Oc1cc(C)nc(Nc2c(C)cc(C)cc2C)c1CN(C)C.Cl. The molecule has 1 aromatic heterocycles. The minimum atomic E-state index is 0. The van der Waals surface area contributed by atoms with E-state index in [2.05, 4.69) is 77.1 Å². The number of hydrogen-bond donors (Lipinski definition) is 1. The van der Waals surface area contributed by atoms with E-state index in [1.807, 2.05) is 6.92 Å². The zero-order valence-electron chi connectivity index (χ0n) is 18.6. The van der Waals surface area contributed by atoms with Crippen LogP contribution in [-0.4, -0.2) is 30.1 Å². The van der Waals surface area contributed by atoms with Crippen molar-refractivity contribution >= 4 is 23.9 Å². The number of rotatable bonds is 8. The van der Waals surface area contributed by atoms with Crippen LogP contribution in [0.15, 0.2) is 18.2 Å².